The summed E-state index contributed by atoms with van der Waals surface area (Å²) >= 11 is 0. The van der Waals surface area contributed by atoms with Crippen molar-refractivity contribution >= 4 is 23.6 Å². The van der Waals surface area contributed by atoms with E-state index < -0.39 is 36.0 Å². The van der Waals surface area contributed by atoms with Crippen LogP contribution in [0.3, 0.4) is 0 Å². The Morgan fingerprint density at radius 1 is 0.700 bits per heavy atom. The van der Waals surface area contributed by atoms with Crippen molar-refractivity contribution in [3.8, 4) is 0 Å². The lowest BCUT2D eigenvalue weighted by atomic mass is 10.0. The second-order valence-electron chi connectivity index (χ2n) is 8.75. The number of nitrogens with two attached hydrogens (primary N) is 2. The number of carbonyl (C=O) groups is 4. The Balaban J connectivity index is 2.95. The van der Waals surface area contributed by atoms with E-state index in [1.807, 2.05) is 27.7 Å². The third-order valence-corrected chi connectivity index (χ3v) is 4.86. The number of rotatable bonds is 4. The highest BCUT2D eigenvalue weighted by molar-refractivity contribution is 5.91. The molecule has 1 rings (SSSR count). The Labute approximate surface area is 178 Å². The minimum Gasteiger partial charge on any atom is -0.354 e. The summed E-state index contributed by atoms with van der Waals surface area (Å²) in [5.74, 6) is -1.21. The number of carbonyl (C=O) groups excluding carboxylic acids is 4. The van der Waals surface area contributed by atoms with E-state index in [4.69, 9.17) is 11.5 Å². The quantitative estimate of drug-likeness (QED) is 0.327. The maximum Gasteiger partial charge on any atom is 0.242 e. The van der Waals surface area contributed by atoms with Gasteiger partial charge in [-0.3, -0.25) is 19.2 Å². The van der Waals surface area contributed by atoms with E-state index in [1.165, 1.54) is 0 Å². The minimum atomic E-state index is -0.868. The molecule has 0 saturated carbocycles. The molecule has 4 atom stereocenters. The smallest absolute Gasteiger partial charge is 0.242 e. The standard InChI is InChI=1S/C20H38N6O4/c1-11(2)9-15-19(29)23-7-5-14(22)18(28)26-16(10-12(3)4)20(30)24-8-6-13(21)17(27)25-15/h11-16H,5-10,21-22H2,1-4H3,(H,23,29)(H,24,30)(H,25,27)(H,26,28)/t13-,14-,15-,16-/m0/s1. The van der Waals surface area contributed by atoms with Gasteiger partial charge in [0.25, 0.3) is 0 Å². The third-order valence-electron chi connectivity index (χ3n) is 4.86. The highest BCUT2D eigenvalue weighted by Crippen LogP contribution is 2.08. The summed E-state index contributed by atoms with van der Waals surface area (Å²) in [5, 5.41) is 10.8. The average molecular weight is 427 g/mol. The van der Waals surface area contributed by atoms with Crippen LogP contribution >= 0.6 is 0 Å². The SMILES string of the molecule is CC(C)C[C@@H]1NC(=O)[C@@H](N)CCNC(=O)[C@H](CC(C)C)NC(=O)[C@@H](N)CCNC1=O. The van der Waals surface area contributed by atoms with Crippen LogP contribution in [-0.2, 0) is 19.2 Å². The van der Waals surface area contributed by atoms with E-state index in [1.54, 1.807) is 0 Å². The average Bonchev–Trinajstić information content (AvgIpc) is 2.64. The molecule has 0 aliphatic carbocycles. The van der Waals surface area contributed by atoms with Crippen molar-refractivity contribution in [2.75, 3.05) is 13.1 Å². The molecule has 1 saturated heterocycles. The topological polar surface area (TPSA) is 168 Å². The third kappa shape index (κ3) is 9.08. The van der Waals surface area contributed by atoms with E-state index >= 15 is 0 Å². The fourth-order valence-corrected chi connectivity index (χ4v) is 3.17. The molecule has 1 aliphatic heterocycles. The first-order valence-electron chi connectivity index (χ1n) is 10.7. The minimum absolute atomic E-state index is 0.172. The molecule has 4 amide bonds. The maximum atomic E-state index is 12.5. The van der Waals surface area contributed by atoms with Gasteiger partial charge in [-0.15, -0.1) is 0 Å². The maximum absolute atomic E-state index is 12.5. The molecule has 10 nitrogen and oxygen atoms in total. The van der Waals surface area contributed by atoms with Gasteiger partial charge in [0.2, 0.25) is 23.6 Å². The summed E-state index contributed by atoms with van der Waals surface area (Å²) in [6.07, 6.45) is 1.31. The molecular weight excluding hydrogens is 388 g/mol. The largest absolute Gasteiger partial charge is 0.354 e. The molecular formula is C20H38N6O4. The normalized spacial score (nSPS) is 28.0. The van der Waals surface area contributed by atoms with Crippen LogP contribution in [0.1, 0.15) is 53.4 Å². The zero-order valence-electron chi connectivity index (χ0n) is 18.5. The first-order chi connectivity index (χ1) is 14.0. The van der Waals surface area contributed by atoms with Crippen molar-refractivity contribution in [3.63, 3.8) is 0 Å². The molecule has 8 N–H and O–H groups in total. The first-order valence-corrected chi connectivity index (χ1v) is 10.7. The number of hydrogen-bond acceptors (Lipinski definition) is 6. The summed E-state index contributed by atoms with van der Waals surface area (Å²) in [6, 6.07) is -3.20. The van der Waals surface area contributed by atoms with E-state index in [-0.39, 0.29) is 49.6 Å². The van der Waals surface area contributed by atoms with E-state index in [0.717, 1.165) is 0 Å². The zero-order chi connectivity index (χ0) is 22.8. The van der Waals surface area contributed by atoms with Gasteiger partial charge in [-0.2, -0.15) is 0 Å². The fourth-order valence-electron chi connectivity index (χ4n) is 3.17. The summed E-state index contributed by atoms with van der Waals surface area (Å²) in [5.41, 5.74) is 11.9. The summed E-state index contributed by atoms with van der Waals surface area (Å²) in [7, 11) is 0. The second-order valence-corrected chi connectivity index (χ2v) is 8.75. The molecule has 1 heterocycles. The van der Waals surface area contributed by atoms with Crippen molar-refractivity contribution in [2.24, 2.45) is 23.3 Å². The second kappa shape index (κ2) is 12.5. The van der Waals surface area contributed by atoms with Crippen molar-refractivity contribution in [1.29, 1.82) is 0 Å². The molecule has 0 aromatic rings. The number of nitrogens with one attached hydrogen (secondary N) is 4. The van der Waals surface area contributed by atoms with Crippen molar-refractivity contribution in [1.82, 2.24) is 21.3 Å². The van der Waals surface area contributed by atoms with Crippen LogP contribution in [0.4, 0.5) is 0 Å². The summed E-state index contributed by atoms with van der Waals surface area (Å²) in [6.45, 7) is 8.13. The molecule has 0 aromatic carbocycles. The molecule has 1 fully saturated rings. The van der Waals surface area contributed by atoms with Crippen LogP contribution < -0.4 is 32.7 Å². The predicted octanol–water partition coefficient (Wildman–Crippen LogP) is -1.27. The molecule has 0 bridgehead atoms. The van der Waals surface area contributed by atoms with Gasteiger partial charge in [0, 0.05) is 13.1 Å². The van der Waals surface area contributed by atoms with E-state index in [2.05, 4.69) is 21.3 Å². The molecule has 0 unspecified atom stereocenters. The van der Waals surface area contributed by atoms with Crippen molar-refractivity contribution in [2.45, 2.75) is 77.5 Å². The van der Waals surface area contributed by atoms with Crippen molar-refractivity contribution < 1.29 is 19.2 Å². The van der Waals surface area contributed by atoms with Gasteiger partial charge in [0.05, 0.1) is 12.1 Å². The van der Waals surface area contributed by atoms with Gasteiger partial charge in [-0.1, -0.05) is 27.7 Å². The molecule has 172 valence electrons. The van der Waals surface area contributed by atoms with Crippen LogP contribution in [0, 0.1) is 11.8 Å². The molecule has 30 heavy (non-hydrogen) atoms. The Bertz CT molecular complexity index is 558. The van der Waals surface area contributed by atoms with Crippen LogP contribution in [0.25, 0.3) is 0 Å². The van der Waals surface area contributed by atoms with Gasteiger partial charge < -0.3 is 32.7 Å². The van der Waals surface area contributed by atoms with Gasteiger partial charge >= 0.3 is 0 Å². The first kappa shape index (κ1) is 25.8. The molecule has 0 spiro atoms. The fraction of sp³-hybridized carbons (Fsp3) is 0.800. The Kier molecular flexibility index (Phi) is 10.8. The molecule has 0 radical (unpaired) electrons. The van der Waals surface area contributed by atoms with Crippen molar-refractivity contribution in [3.05, 3.63) is 0 Å². The van der Waals surface area contributed by atoms with E-state index in [9.17, 15) is 19.2 Å². The van der Waals surface area contributed by atoms with Gasteiger partial charge in [0.1, 0.15) is 12.1 Å². The van der Waals surface area contributed by atoms with Gasteiger partial charge in [-0.25, -0.2) is 0 Å². The summed E-state index contributed by atoms with van der Waals surface area (Å²) < 4.78 is 0. The lowest BCUT2D eigenvalue weighted by Crippen LogP contribution is -2.55. The van der Waals surface area contributed by atoms with Gasteiger partial charge in [0.15, 0.2) is 0 Å². The number of hydrogen-bond donors (Lipinski definition) is 6. The van der Waals surface area contributed by atoms with Crippen LogP contribution in [0.2, 0.25) is 0 Å². The van der Waals surface area contributed by atoms with Crippen LogP contribution in [-0.4, -0.2) is 60.9 Å². The lowest BCUT2D eigenvalue weighted by molar-refractivity contribution is -0.131. The Morgan fingerprint density at radius 3 is 1.33 bits per heavy atom. The Morgan fingerprint density at radius 2 is 1.03 bits per heavy atom. The molecule has 10 heteroatoms. The number of amides is 4. The summed E-state index contributed by atoms with van der Waals surface area (Å²) in [4.78, 5) is 49.9. The highest BCUT2D eigenvalue weighted by atomic mass is 16.2. The van der Waals surface area contributed by atoms with Crippen LogP contribution in [0.5, 0.6) is 0 Å². The lowest BCUT2D eigenvalue weighted by Gasteiger charge is -2.25. The predicted molar refractivity (Wildman–Crippen MR) is 114 cm³/mol. The van der Waals surface area contributed by atoms with E-state index in [0.29, 0.717) is 12.8 Å². The molecule has 1 aliphatic rings. The Hall–Kier alpha value is -2.20. The van der Waals surface area contributed by atoms with Gasteiger partial charge in [-0.05, 0) is 37.5 Å². The highest BCUT2D eigenvalue weighted by Gasteiger charge is 2.27. The monoisotopic (exact) mass is 426 g/mol. The zero-order valence-corrected chi connectivity index (χ0v) is 18.5. The molecule has 0 aromatic heterocycles. The van der Waals surface area contributed by atoms with Crippen LogP contribution in [0.15, 0.2) is 0 Å².